The molecule has 168 valence electrons. The second kappa shape index (κ2) is 12.5. The van der Waals surface area contributed by atoms with Crippen molar-refractivity contribution in [2.45, 2.75) is 32.1 Å². The molecule has 0 radical (unpaired) electrons. The summed E-state index contributed by atoms with van der Waals surface area (Å²) < 4.78 is 4.97. The van der Waals surface area contributed by atoms with E-state index in [1.807, 2.05) is 7.05 Å². The number of benzene rings is 1. The van der Waals surface area contributed by atoms with Crippen LogP contribution < -0.4 is 10.6 Å². The first-order valence-electron chi connectivity index (χ1n) is 11.1. The van der Waals surface area contributed by atoms with Gasteiger partial charge in [-0.1, -0.05) is 44.2 Å². The van der Waals surface area contributed by atoms with Crippen LogP contribution in [0.3, 0.4) is 0 Å². The Balaban J connectivity index is 1.86. The molecule has 0 aromatic heterocycles. The lowest BCUT2D eigenvalue weighted by atomic mass is 9.76. The summed E-state index contributed by atoms with van der Waals surface area (Å²) in [6.07, 6.45) is 2.15. The predicted octanol–water partition coefficient (Wildman–Crippen LogP) is 1.70. The minimum Gasteiger partial charge on any atom is -0.383 e. The van der Waals surface area contributed by atoms with Crippen molar-refractivity contribution in [2.24, 2.45) is 4.99 Å². The Morgan fingerprint density at radius 2 is 1.77 bits per heavy atom. The Morgan fingerprint density at radius 3 is 2.33 bits per heavy atom. The molecule has 2 rings (SSSR count). The largest absolute Gasteiger partial charge is 0.383 e. The van der Waals surface area contributed by atoms with Crippen LogP contribution in [0.1, 0.15) is 32.3 Å². The van der Waals surface area contributed by atoms with Gasteiger partial charge in [0, 0.05) is 58.8 Å². The first-order chi connectivity index (χ1) is 14.6. The zero-order valence-corrected chi connectivity index (χ0v) is 19.1. The van der Waals surface area contributed by atoms with Crippen LogP contribution in [-0.4, -0.2) is 88.2 Å². The highest BCUT2D eigenvalue weighted by molar-refractivity contribution is 5.80. The highest BCUT2D eigenvalue weighted by Gasteiger charge is 2.29. The highest BCUT2D eigenvalue weighted by atomic mass is 16.5. The highest BCUT2D eigenvalue weighted by Crippen LogP contribution is 2.30. The van der Waals surface area contributed by atoms with E-state index in [0.29, 0.717) is 19.7 Å². The van der Waals surface area contributed by atoms with Crippen molar-refractivity contribution in [2.75, 3.05) is 66.6 Å². The molecule has 1 aliphatic rings. The number of hydrogen-bond donors (Lipinski definition) is 2. The average molecular weight is 418 g/mol. The maximum Gasteiger partial charge on any atom is 0.234 e. The molecule has 1 fully saturated rings. The molecule has 30 heavy (non-hydrogen) atoms. The van der Waals surface area contributed by atoms with E-state index >= 15 is 0 Å². The van der Waals surface area contributed by atoms with E-state index in [-0.39, 0.29) is 11.3 Å². The van der Waals surface area contributed by atoms with Gasteiger partial charge in [0.05, 0.1) is 13.2 Å². The molecule has 0 bridgehead atoms. The van der Waals surface area contributed by atoms with Crippen LogP contribution in [0.25, 0.3) is 0 Å². The predicted molar refractivity (Wildman–Crippen MR) is 123 cm³/mol. The van der Waals surface area contributed by atoms with Gasteiger partial charge in [0.15, 0.2) is 5.96 Å². The number of amides is 1. The van der Waals surface area contributed by atoms with Crippen LogP contribution in [-0.2, 0) is 14.9 Å². The Morgan fingerprint density at radius 1 is 1.10 bits per heavy atom. The molecule has 1 aromatic carbocycles. The van der Waals surface area contributed by atoms with Gasteiger partial charge in [0.2, 0.25) is 5.91 Å². The van der Waals surface area contributed by atoms with Crippen LogP contribution in [0.2, 0.25) is 0 Å². The number of carbonyl (C=O) groups excluding carboxylic acids is 1. The maximum atomic E-state index is 12.0. The molecule has 7 heteroatoms. The van der Waals surface area contributed by atoms with Gasteiger partial charge in [0.25, 0.3) is 0 Å². The van der Waals surface area contributed by atoms with Crippen molar-refractivity contribution in [3.05, 3.63) is 35.9 Å². The minimum atomic E-state index is 0.0570. The SMILES string of the molecule is CCC(CC)(CNC(=NC)N1CCN(CC(=O)NCCOC)CC1)c1ccccc1. The fourth-order valence-electron chi connectivity index (χ4n) is 4.05. The normalized spacial score (nSPS) is 15.9. The van der Waals surface area contributed by atoms with Crippen molar-refractivity contribution >= 4 is 11.9 Å². The summed E-state index contributed by atoms with van der Waals surface area (Å²) in [4.78, 5) is 21.0. The fourth-order valence-corrected chi connectivity index (χ4v) is 4.05. The number of hydrogen-bond acceptors (Lipinski definition) is 4. The molecular formula is C23H39N5O2. The quantitative estimate of drug-likeness (QED) is 0.345. The van der Waals surface area contributed by atoms with Gasteiger partial charge in [-0.15, -0.1) is 0 Å². The summed E-state index contributed by atoms with van der Waals surface area (Å²) in [5.41, 5.74) is 1.47. The van der Waals surface area contributed by atoms with Gasteiger partial charge in [0.1, 0.15) is 0 Å². The van der Waals surface area contributed by atoms with Crippen molar-refractivity contribution < 1.29 is 9.53 Å². The van der Waals surface area contributed by atoms with Crippen molar-refractivity contribution in [1.29, 1.82) is 0 Å². The van der Waals surface area contributed by atoms with Crippen LogP contribution in [0, 0.1) is 0 Å². The van der Waals surface area contributed by atoms with E-state index in [0.717, 1.165) is 51.5 Å². The summed E-state index contributed by atoms with van der Waals surface area (Å²) in [7, 11) is 3.48. The molecule has 7 nitrogen and oxygen atoms in total. The van der Waals surface area contributed by atoms with E-state index < -0.39 is 0 Å². The second-order valence-corrected chi connectivity index (χ2v) is 7.86. The number of guanidine groups is 1. The Hall–Kier alpha value is -2.12. The van der Waals surface area contributed by atoms with Gasteiger partial charge in [-0.05, 0) is 18.4 Å². The third-order valence-electron chi connectivity index (χ3n) is 6.20. The molecule has 2 N–H and O–H groups in total. The van der Waals surface area contributed by atoms with Crippen molar-refractivity contribution in [1.82, 2.24) is 20.4 Å². The Labute approximate surface area is 181 Å². The fraction of sp³-hybridized carbons (Fsp3) is 0.652. The number of piperazine rings is 1. The third kappa shape index (κ3) is 6.71. The lowest BCUT2D eigenvalue weighted by Gasteiger charge is -2.38. The molecule has 1 saturated heterocycles. The van der Waals surface area contributed by atoms with Crippen LogP contribution in [0.15, 0.2) is 35.3 Å². The van der Waals surface area contributed by atoms with Gasteiger partial charge < -0.3 is 20.3 Å². The molecule has 1 aromatic rings. The summed E-state index contributed by atoms with van der Waals surface area (Å²) in [5, 5.41) is 6.52. The first-order valence-corrected chi connectivity index (χ1v) is 11.1. The zero-order chi connectivity index (χ0) is 21.8. The maximum absolute atomic E-state index is 12.0. The number of nitrogens with one attached hydrogen (secondary N) is 2. The van der Waals surface area contributed by atoms with Crippen molar-refractivity contribution in [3.63, 3.8) is 0 Å². The van der Waals surface area contributed by atoms with E-state index in [1.54, 1.807) is 7.11 Å². The zero-order valence-electron chi connectivity index (χ0n) is 19.1. The van der Waals surface area contributed by atoms with Gasteiger partial charge in [-0.2, -0.15) is 0 Å². The van der Waals surface area contributed by atoms with E-state index in [9.17, 15) is 4.79 Å². The smallest absolute Gasteiger partial charge is 0.234 e. The molecule has 0 aliphatic carbocycles. The van der Waals surface area contributed by atoms with E-state index in [4.69, 9.17) is 4.74 Å². The summed E-state index contributed by atoms with van der Waals surface area (Å²) in [6.45, 7) is 10.3. The second-order valence-electron chi connectivity index (χ2n) is 7.86. The lowest BCUT2D eigenvalue weighted by Crippen LogP contribution is -2.55. The van der Waals surface area contributed by atoms with E-state index in [1.165, 1.54) is 5.56 Å². The van der Waals surface area contributed by atoms with Crippen LogP contribution >= 0.6 is 0 Å². The van der Waals surface area contributed by atoms with E-state index in [2.05, 4.69) is 69.6 Å². The van der Waals surface area contributed by atoms with Crippen molar-refractivity contribution in [3.8, 4) is 0 Å². The molecule has 1 heterocycles. The number of carbonyl (C=O) groups is 1. The lowest BCUT2D eigenvalue weighted by molar-refractivity contribution is -0.122. The molecular weight excluding hydrogens is 378 g/mol. The third-order valence-corrected chi connectivity index (χ3v) is 6.20. The standard InChI is InChI=1S/C23H39N5O2/c1-5-23(6-2,20-10-8-7-9-11-20)19-26-22(24-3)28-15-13-27(14-16-28)18-21(29)25-12-17-30-4/h7-11H,5-6,12-19H2,1-4H3,(H,24,26)(H,25,29). The average Bonchev–Trinajstić information content (AvgIpc) is 2.79. The molecule has 0 atom stereocenters. The van der Waals surface area contributed by atoms with Crippen LogP contribution in [0.5, 0.6) is 0 Å². The molecule has 0 spiro atoms. The molecule has 1 aliphatic heterocycles. The van der Waals surface area contributed by atoms with Gasteiger partial charge in [-0.3, -0.25) is 14.7 Å². The Kier molecular flexibility index (Phi) is 10.1. The monoisotopic (exact) mass is 417 g/mol. The summed E-state index contributed by atoms with van der Waals surface area (Å²) >= 11 is 0. The number of rotatable bonds is 10. The minimum absolute atomic E-state index is 0.0570. The molecule has 0 saturated carbocycles. The Bertz CT molecular complexity index is 653. The van der Waals surface area contributed by atoms with Gasteiger partial charge >= 0.3 is 0 Å². The molecule has 1 amide bonds. The number of methoxy groups -OCH3 is 1. The molecule has 0 unspecified atom stereocenters. The summed E-state index contributed by atoms with van der Waals surface area (Å²) in [6, 6.07) is 10.8. The first kappa shape index (κ1) is 24.2. The van der Waals surface area contributed by atoms with Crippen LogP contribution in [0.4, 0.5) is 0 Å². The van der Waals surface area contributed by atoms with Gasteiger partial charge in [-0.25, -0.2) is 0 Å². The number of aliphatic imine (C=N–C) groups is 1. The topological polar surface area (TPSA) is 69.2 Å². The number of nitrogens with zero attached hydrogens (tertiary/aromatic N) is 3. The summed E-state index contributed by atoms with van der Waals surface area (Å²) in [5.74, 6) is 1.00. The number of ether oxygens (including phenoxy) is 1.